The molecule has 736 valence electrons. The highest BCUT2D eigenvalue weighted by molar-refractivity contribution is 9.09. The zero-order valence-electron chi connectivity index (χ0n) is 77.2. The Kier molecular flexibility index (Phi) is 62.7. The van der Waals surface area contributed by atoms with Gasteiger partial charge in [0.1, 0.15) is 82.2 Å². The Morgan fingerprint density at radius 1 is 0.304 bits per heavy atom. The molecular formula is C109H124BrClO27. The number of carbonyl (C=O) groups is 9. The summed E-state index contributed by atoms with van der Waals surface area (Å²) in [5.74, 6) is 0.554. The average Bonchev–Trinajstić information content (AvgIpc) is 0.852. The van der Waals surface area contributed by atoms with Crippen molar-refractivity contribution in [2.45, 2.75) is 125 Å². The lowest BCUT2D eigenvalue weighted by Crippen LogP contribution is -2.12. The van der Waals surface area contributed by atoms with Gasteiger partial charge in [-0.3, -0.25) is 4.79 Å². The number of aliphatic hydroxyl groups excluding tert-OH is 2. The number of allylic oxidation sites excluding steroid dienone is 1. The number of benzene rings is 9. The standard InChI is InChI=1S/C43H40O10.C19H24O5.C15H20O4.C12H10O3.C9H8O3.C6H13BrO.C4H5ClO.CH4/c1-30(2)42(46)49-27-5-6-32-7-9-33(10-8-32)13-25-40(44)52-38-21-17-36(18-22-38)51-37-19-23-39(24-20-37)53-41(45)26-14-34-11-15-35(16-12-34)48-28-29-50-43(47)31(3)4;1-15(2)19(22)24-14-6-4-3-5-13-23-17-10-7-16(8-11-17)9-12-18(20)21;16-11-3-1-2-4-12-19-14-8-5-13(6-9-14)7-10-15(17)18;13-9-1-5-11(6-2-9)15-12-7-3-10(14)4-8-12;10-8-4-1-7(2-5-8)3-6-9(11)12;7-5-3-1-2-4-6-8;1-3(2)4(5)6;/h7-26H,1,3,5-6,27-29H2,2,4H3;7-12H,1,3-6,13-14H2,2H3,(H,20,21);5-10,16H,1-4,11-12H2,(H,17,18);1-8,13-14H;1-6,10H,(H,11,12);8H,1-6H2;1H2,2H3;1H4/b25-13+,26-14+;12-9+;10-7+;;6-3+;;;. The number of halogens is 2. The summed E-state index contributed by atoms with van der Waals surface area (Å²) in [6, 6.07) is 61.6. The second-order valence-corrected chi connectivity index (χ2v) is 30.7. The third-order valence-corrected chi connectivity index (χ3v) is 18.4. The Balaban J connectivity index is 0.000000624. The lowest BCUT2D eigenvalue weighted by Gasteiger charge is -2.08. The molecule has 0 saturated carbocycles. The molecule has 0 heterocycles. The quantitative estimate of drug-likeness (QED) is 0.00334. The molecule has 9 aromatic carbocycles. The number of alkyl halides is 1. The van der Waals surface area contributed by atoms with Crippen LogP contribution < -0.4 is 33.2 Å². The van der Waals surface area contributed by atoms with Crippen molar-refractivity contribution in [3.8, 4) is 69.0 Å². The van der Waals surface area contributed by atoms with E-state index in [1.807, 2.05) is 72.8 Å². The summed E-state index contributed by atoms with van der Waals surface area (Å²) in [7, 11) is 0. The fraction of sp³-hybridized carbons (Fsp3) is 0.257. The molecule has 0 spiro atoms. The molecule has 0 aliphatic carbocycles. The maximum Gasteiger partial charge on any atom is 0.336 e. The number of carbonyl (C=O) groups excluding carboxylic acids is 6. The van der Waals surface area contributed by atoms with E-state index in [1.54, 1.807) is 179 Å². The maximum absolute atomic E-state index is 12.4. The van der Waals surface area contributed by atoms with Crippen molar-refractivity contribution in [2.75, 3.05) is 58.2 Å². The van der Waals surface area contributed by atoms with Gasteiger partial charge in [0.25, 0.3) is 0 Å². The first kappa shape index (κ1) is 119. The van der Waals surface area contributed by atoms with E-state index in [1.165, 1.54) is 55.7 Å². The largest absolute Gasteiger partial charge is 0.508 e. The van der Waals surface area contributed by atoms with Crippen molar-refractivity contribution in [3.63, 3.8) is 0 Å². The van der Waals surface area contributed by atoms with Crippen molar-refractivity contribution in [3.05, 3.63) is 331 Å². The predicted molar refractivity (Wildman–Crippen MR) is 540 cm³/mol. The van der Waals surface area contributed by atoms with Crippen LogP contribution in [0.5, 0.6) is 69.0 Å². The Morgan fingerprint density at radius 2 is 0.551 bits per heavy atom. The fourth-order valence-corrected chi connectivity index (χ4v) is 10.7. The van der Waals surface area contributed by atoms with Crippen LogP contribution in [0.1, 0.15) is 152 Å². The number of rotatable bonds is 48. The molecule has 0 bridgehead atoms. The van der Waals surface area contributed by atoms with E-state index in [-0.39, 0.29) is 56.4 Å². The van der Waals surface area contributed by atoms with Gasteiger partial charge in [0, 0.05) is 71.2 Å². The number of unbranched alkanes of at least 4 members (excludes halogenated alkanes) is 9. The van der Waals surface area contributed by atoms with E-state index in [4.69, 9.17) is 99.8 Å². The number of hydrogen-bond acceptors (Lipinski definition) is 24. The Labute approximate surface area is 820 Å². The summed E-state index contributed by atoms with van der Waals surface area (Å²) in [5, 5.41) is 70.0. The minimum absolute atomic E-state index is 0. The lowest BCUT2D eigenvalue weighted by molar-refractivity contribution is -0.140. The first-order valence-corrected chi connectivity index (χ1v) is 45.1. The van der Waals surface area contributed by atoms with E-state index < -0.39 is 41.1 Å². The third-order valence-electron chi connectivity index (χ3n) is 17.5. The minimum Gasteiger partial charge on any atom is -0.508 e. The van der Waals surface area contributed by atoms with Crippen LogP contribution in [0, 0.1) is 0 Å². The smallest absolute Gasteiger partial charge is 0.336 e. The maximum atomic E-state index is 12.4. The summed E-state index contributed by atoms with van der Waals surface area (Å²) in [4.78, 5) is 99.4. The van der Waals surface area contributed by atoms with Gasteiger partial charge in [-0.15, -0.1) is 0 Å². The molecule has 9 aromatic rings. The van der Waals surface area contributed by atoms with Crippen LogP contribution in [0.4, 0.5) is 0 Å². The van der Waals surface area contributed by atoms with Gasteiger partial charge in [0.05, 0.1) is 26.4 Å². The molecule has 27 nitrogen and oxygen atoms in total. The number of hydrogen-bond donors (Lipinski definition) is 8. The van der Waals surface area contributed by atoms with Gasteiger partial charge in [0.15, 0.2) is 0 Å². The fourth-order valence-electron chi connectivity index (χ4n) is 10.3. The molecule has 9 rings (SSSR count). The molecule has 0 aliphatic rings. The van der Waals surface area contributed by atoms with Crippen LogP contribution in [-0.2, 0) is 63.8 Å². The third kappa shape index (κ3) is 60.4. The number of esters is 5. The van der Waals surface area contributed by atoms with E-state index in [9.17, 15) is 43.2 Å². The summed E-state index contributed by atoms with van der Waals surface area (Å²) in [6.07, 6.45) is 27.5. The van der Waals surface area contributed by atoms with Gasteiger partial charge in [-0.2, -0.15) is 0 Å². The highest BCUT2D eigenvalue weighted by Gasteiger charge is 2.11. The molecule has 0 fully saturated rings. The molecule has 0 unspecified atom stereocenters. The van der Waals surface area contributed by atoms with Crippen LogP contribution in [0.25, 0.3) is 30.4 Å². The van der Waals surface area contributed by atoms with Crippen LogP contribution in [-0.4, -0.2) is 152 Å². The highest BCUT2D eigenvalue weighted by atomic mass is 79.9. The van der Waals surface area contributed by atoms with E-state index in [0.29, 0.717) is 102 Å². The SMILES string of the molecule is C.C=C(C)C(=O)Cl.C=C(C)C(=O)OCCCCCCOc1ccc(/C=C/C(=O)O)cc1.C=C(C)C(=O)OCCCc1ccc(/C=C/C(=O)Oc2ccc(Oc3ccc(OC(=O)/C=C/c4ccc(OCCOC(=O)C(=C)C)cc4)cc3)cc2)cc1.O=C(O)/C=C/c1ccc(O)cc1.O=C(O)/C=C/c1ccc(OCCCCCCO)cc1.OCCCCCCBr.Oc1ccc(Oc2ccc(O)cc2)cc1. The second-order valence-electron chi connectivity index (χ2n) is 29.5. The van der Waals surface area contributed by atoms with Crippen molar-refractivity contribution in [2.24, 2.45) is 0 Å². The minimum atomic E-state index is -0.983. The van der Waals surface area contributed by atoms with Gasteiger partial charge in [-0.1, -0.05) is 142 Å². The van der Waals surface area contributed by atoms with E-state index >= 15 is 0 Å². The number of aromatic hydroxyl groups is 3. The summed E-state index contributed by atoms with van der Waals surface area (Å²) in [6.45, 7) is 23.2. The van der Waals surface area contributed by atoms with Crippen molar-refractivity contribution in [1.82, 2.24) is 0 Å². The van der Waals surface area contributed by atoms with Crippen LogP contribution in [0.2, 0.25) is 0 Å². The van der Waals surface area contributed by atoms with Crippen LogP contribution >= 0.6 is 27.5 Å². The van der Waals surface area contributed by atoms with Crippen LogP contribution in [0.15, 0.2) is 297 Å². The number of aryl methyl sites for hydroxylation is 1. The van der Waals surface area contributed by atoms with Gasteiger partial charge in [-0.25, -0.2) is 38.4 Å². The topological polar surface area (TPSA) is 408 Å². The highest BCUT2D eigenvalue weighted by Crippen LogP contribution is 2.29. The first-order chi connectivity index (χ1) is 65.7. The zero-order chi connectivity index (χ0) is 101. The number of ether oxygens (including phenoxy) is 10. The lowest BCUT2D eigenvalue weighted by atomic mass is 10.1. The monoisotopic (exact) mass is 1980 g/mol. The number of carboxylic acids is 3. The number of phenols is 3. The van der Waals surface area contributed by atoms with Crippen molar-refractivity contribution in [1.29, 1.82) is 0 Å². The van der Waals surface area contributed by atoms with Gasteiger partial charge >= 0.3 is 47.8 Å². The van der Waals surface area contributed by atoms with Gasteiger partial charge in [0.2, 0.25) is 5.24 Å². The summed E-state index contributed by atoms with van der Waals surface area (Å²) in [5.41, 5.74) is 6.60. The van der Waals surface area contributed by atoms with Crippen molar-refractivity contribution >= 4 is 111 Å². The molecular weight excluding hydrogens is 1860 g/mol. The summed E-state index contributed by atoms with van der Waals surface area (Å²) >= 11 is 8.21. The van der Waals surface area contributed by atoms with Crippen LogP contribution in [0.3, 0.4) is 0 Å². The van der Waals surface area contributed by atoms with E-state index in [2.05, 4.69) is 42.2 Å². The molecule has 0 aromatic heterocycles. The Morgan fingerprint density at radius 3 is 0.855 bits per heavy atom. The molecule has 29 heteroatoms. The average molecular weight is 1980 g/mol. The molecule has 0 aliphatic heterocycles. The molecule has 0 saturated heterocycles. The first-order valence-electron chi connectivity index (χ1n) is 43.6. The molecule has 0 radical (unpaired) electrons. The Bertz CT molecular complexity index is 5090. The van der Waals surface area contributed by atoms with Gasteiger partial charge in [-0.05, 0) is 319 Å². The van der Waals surface area contributed by atoms with Gasteiger partial charge < -0.3 is 88.2 Å². The second kappa shape index (κ2) is 72.6. The zero-order valence-corrected chi connectivity index (χ0v) is 79.6. The summed E-state index contributed by atoms with van der Waals surface area (Å²) < 4.78 is 53.9. The molecule has 8 N–H and O–H groups in total. The predicted octanol–water partition coefficient (Wildman–Crippen LogP) is 23.1. The number of aliphatic hydroxyl groups is 2. The number of phenolic OH excluding ortho intramolecular Hbond substituents is 3. The molecule has 0 atom stereocenters. The van der Waals surface area contributed by atoms with E-state index in [0.717, 1.165) is 133 Å². The number of aliphatic carboxylic acids is 3. The van der Waals surface area contributed by atoms with Crippen molar-refractivity contribution < 1.29 is 131 Å². The normalized spacial score (nSPS) is 10.3. The Hall–Kier alpha value is -14.8. The number of carboxylic acid groups (broad SMARTS) is 3. The molecule has 0 amide bonds. The molecule has 138 heavy (non-hydrogen) atoms.